The molecule has 2 rings (SSSR count). The highest BCUT2D eigenvalue weighted by molar-refractivity contribution is 5.23. The van der Waals surface area contributed by atoms with E-state index in [0.29, 0.717) is 17.8 Å². The third-order valence-corrected chi connectivity index (χ3v) is 3.75. The Labute approximate surface area is 113 Å². The van der Waals surface area contributed by atoms with Crippen molar-refractivity contribution in [2.75, 3.05) is 33.7 Å². The zero-order chi connectivity index (χ0) is 14.0. The van der Waals surface area contributed by atoms with Crippen molar-refractivity contribution < 1.29 is 5.11 Å². The summed E-state index contributed by atoms with van der Waals surface area (Å²) in [6.45, 7) is 4.61. The second-order valence-electron chi connectivity index (χ2n) is 5.22. The molecule has 0 bridgehead atoms. The standard InChI is InChI=1S/C13H22N4O2/c1-4-9-12(18)14-11(15-13(9)19)10-8-16(2)6-5-7-17(10)3/h10H,4-8H2,1-3H3,(H2,14,15,18,19). The van der Waals surface area contributed by atoms with Crippen molar-refractivity contribution in [2.24, 2.45) is 0 Å². The Hall–Kier alpha value is -1.40. The third-order valence-electron chi connectivity index (χ3n) is 3.75. The molecule has 0 amide bonds. The van der Waals surface area contributed by atoms with Gasteiger partial charge in [0.1, 0.15) is 5.82 Å². The Bertz CT molecular complexity index is 500. The summed E-state index contributed by atoms with van der Waals surface area (Å²) >= 11 is 0. The van der Waals surface area contributed by atoms with Crippen molar-refractivity contribution in [3.63, 3.8) is 0 Å². The lowest BCUT2D eigenvalue weighted by atomic mass is 10.2. The summed E-state index contributed by atoms with van der Waals surface area (Å²) in [5.41, 5.74) is 0.124. The average molecular weight is 266 g/mol. The van der Waals surface area contributed by atoms with Crippen molar-refractivity contribution in [3.8, 4) is 5.88 Å². The molecule has 0 aromatic carbocycles. The minimum Gasteiger partial charge on any atom is -0.493 e. The first-order chi connectivity index (χ1) is 9.02. The first-order valence-electron chi connectivity index (χ1n) is 6.73. The van der Waals surface area contributed by atoms with Crippen LogP contribution in [-0.4, -0.2) is 58.6 Å². The summed E-state index contributed by atoms with van der Waals surface area (Å²) < 4.78 is 0. The fraction of sp³-hybridized carbons (Fsp3) is 0.692. The van der Waals surface area contributed by atoms with Gasteiger partial charge < -0.3 is 15.0 Å². The monoisotopic (exact) mass is 266 g/mol. The van der Waals surface area contributed by atoms with E-state index in [4.69, 9.17) is 0 Å². The first-order valence-corrected chi connectivity index (χ1v) is 6.73. The van der Waals surface area contributed by atoms with Crippen molar-refractivity contribution in [1.82, 2.24) is 19.8 Å². The lowest BCUT2D eigenvalue weighted by Gasteiger charge is -2.26. The van der Waals surface area contributed by atoms with Crippen LogP contribution in [-0.2, 0) is 6.42 Å². The highest BCUT2D eigenvalue weighted by atomic mass is 16.3. The molecule has 106 valence electrons. The second kappa shape index (κ2) is 5.71. The van der Waals surface area contributed by atoms with E-state index >= 15 is 0 Å². The summed E-state index contributed by atoms with van der Waals surface area (Å²) in [5, 5.41) is 9.86. The van der Waals surface area contributed by atoms with E-state index in [-0.39, 0.29) is 17.5 Å². The summed E-state index contributed by atoms with van der Waals surface area (Å²) in [6, 6.07) is 0.0111. The molecule has 1 aromatic rings. The molecule has 1 fully saturated rings. The molecule has 19 heavy (non-hydrogen) atoms. The summed E-state index contributed by atoms with van der Waals surface area (Å²) in [5.74, 6) is 0.414. The number of hydrogen-bond acceptors (Lipinski definition) is 5. The van der Waals surface area contributed by atoms with E-state index < -0.39 is 0 Å². The lowest BCUT2D eigenvalue weighted by molar-refractivity contribution is 0.217. The minimum absolute atomic E-state index is 0.0111. The lowest BCUT2D eigenvalue weighted by Crippen LogP contribution is -2.33. The highest BCUT2D eigenvalue weighted by Gasteiger charge is 2.25. The van der Waals surface area contributed by atoms with Gasteiger partial charge in [-0.15, -0.1) is 0 Å². The molecule has 2 heterocycles. The molecule has 1 unspecified atom stereocenters. The zero-order valence-corrected chi connectivity index (χ0v) is 11.8. The topological polar surface area (TPSA) is 72.5 Å². The van der Waals surface area contributed by atoms with Gasteiger partial charge in [0, 0.05) is 6.54 Å². The second-order valence-corrected chi connectivity index (χ2v) is 5.22. The van der Waals surface area contributed by atoms with Crippen molar-refractivity contribution in [2.45, 2.75) is 25.8 Å². The molecule has 1 aliphatic heterocycles. The number of aromatic hydroxyl groups is 1. The van der Waals surface area contributed by atoms with Crippen LogP contribution in [0.3, 0.4) is 0 Å². The maximum atomic E-state index is 11.9. The van der Waals surface area contributed by atoms with Crippen molar-refractivity contribution in [1.29, 1.82) is 0 Å². The number of aromatic nitrogens is 2. The Morgan fingerprint density at radius 2 is 2.16 bits per heavy atom. The van der Waals surface area contributed by atoms with Gasteiger partial charge in [-0.3, -0.25) is 9.69 Å². The number of rotatable bonds is 2. The number of aromatic amines is 1. The maximum Gasteiger partial charge on any atom is 0.257 e. The number of likely N-dealkylation sites (N-methyl/N-ethyl adjacent to an activating group) is 2. The molecular weight excluding hydrogens is 244 g/mol. The van der Waals surface area contributed by atoms with Crippen LogP contribution < -0.4 is 5.56 Å². The number of nitrogens with zero attached hydrogens (tertiary/aromatic N) is 3. The predicted octanol–water partition coefficient (Wildman–Crippen LogP) is 0.346. The quantitative estimate of drug-likeness (QED) is 0.808. The SMILES string of the molecule is CCc1c(O)nc(C2CN(C)CCCN2C)[nH]c1=O. The van der Waals surface area contributed by atoms with E-state index in [1.54, 1.807) is 0 Å². The van der Waals surface area contributed by atoms with Gasteiger partial charge in [0.25, 0.3) is 5.56 Å². The van der Waals surface area contributed by atoms with E-state index in [1.807, 2.05) is 14.0 Å². The molecule has 0 spiro atoms. The average Bonchev–Trinajstić information content (AvgIpc) is 2.51. The molecule has 1 saturated heterocycles. The summed E-state index contributed by atoms with van der Waals surface area (Å²) in [6.07, 6.45) is 1.57. The summed E-state index contributed by atoms with van der Waals surface area (Å²) in [4.78, 5) is 23.3. The highest BCUT2D eigenvalue weighted by Crippen LogP contribution is 2.21. The molecule has 6 nitrogen and oxygen atoms in total. The van der Waals surface area contributed by atoms with Gasteiger partial charge in [-0.25, -0.2) is 0 Å². The molecule has 2 N–H and O–H groups in total. The van der Waals surface area contributed by atoms with Crippen LogP contribution in [0.2, 0.25) is 0 Å². The van der Waals surface area contributed by atoms with Crippen LogP contribution in [0.1, 0.15) is 30.8 Å². The number of hydrogen-bond donors (Lipinski definition) is 2. The van der Waals surface area contributed by atoms with Crippen molar-refractivity contribution >= 4 is 0 Å². The van der Waals surface area contributed by atoms with Gasteiger partial charge in [-0.2, -0.15) is 4.98 Å². The van der Waals surface area contributed by atoms with Gasteiger partial charge in [0.05, 0.1) is 11.6 Å². The first kappa shape index (κ1) is 14.0. The van der Waals surface area contributed by atoms with Gasteiger partial charge in [-0.1, -0.05) is 6.92 Å². The van der Waals surface area contributed by atoms with Crippen LogP contribution in [0.15, 0.2) is 4.79 Å². The van der Waals surface area contributed by atoms with Gasteiger partial charge in [-0.05, 0) is 40.0 Å². The Morgan fingerprint density at radius 3 is 2.79 bits per heavy atom. The number of nitrogens with one attached hydrogen (secondary N) is 1. The molecule has 0 saturated carbocycles. The van der Waals surface area contributed by atoms with Crippen LogP contribution >= 0.6 is 0 Å². The zero-order valence-electron chi connectivity index (χ0n) is 11.8. The maximum absolute atomic E-state index is 11.9. The van der Waals surface area contributed by atoms with E-state index in [2.05, 4.69) is 26.8 Å². The minimum atomic E-state index is -0.231. The van der Waals surface area contributed by atoms with Crippen molar-refractivity contribution in [3.05, 3.63) is 21.7 Å². The van der Waals surface area contributed by atoms with Crippen LogP contribution in [0.25, 0.3) is 0 Å². The third kappa shape index (κ3) is 2.96. The van der Waals surface area contributed by atoms with E-state index in [9.17, 15) is 9.90 Å². The van der Waals surface area contributed by atoms with E-state index in [1.165, 1.54) is 0 Å². The summed E-state index contributed by atoms with van der Waals surface area (Å²) in [7, 11) is 4.08. The molecule has 0 aliphatic carbocycles. The Morgan fingerprint density at radius 1 is 1.42 bits per heavy atom. The fourth-order valence-electron chi connectivity index (χ4n) is 2.55. The van der Waals surface area contributed by atoms with Gasteiger partial charge >= 0.3 is 0 Å². The molecule has 1 aromatic heterocycles. The smallest absolute Gasteiger partial charge is 0.257 e. The predicted molar refractivity (Wildman–Crippen MR) is 73.4 cm³/mol. The van der Waals surface area contributed by atoms with Crippen LogP contribution in [0, 0.1) is 0 Å². The molecule has 0 radical (unpaired) electrons. The fourth-order valence-corrected chi connectivity index (χ4v) is 2.55. The molecule has 1 aliphatic rings. The Balaban J connectivity index is 2.37. The largest absolute Gasteiger partial charge is 0.493 e. The van der Waals surface area contributed by atoms with E-state index in [0.717, 1.165) is 26.1 Å². The van der Waals surface area contributed by atoms with Crippen LogP contribution in [0.4, 0.5) is 0 Å². The number of H-pyrrole nitrogens is 1. The molecule has 6 heteroatoms. The molecular formula is C13H22N4O2. The molecule has 1 atom stereocenters. The van der Waals surface area contributed by atoms with Gasteiger partial charge in [0.2, 0.25) is 5.88 Å². The normalized spacial score (nSPS) is 22.4. The van der Waals surface area contributed by atoms with Crippen LogP contribution in [0.5, 0.6) is 5.88 Å². The van der Waals surface area contributed by atoms with Gasteiger partial charge in [0.15, 0.2) is 0 Å². The Kier molecular flexibility index (Phi) is 4.21.